The van der Waals surface area contributed by atoms with Gasteiger partial charge >= 0.3 is 0 Å². The van der Waals surface area contributed by atoms with Gasteiger partial charge in [-0.15, -0.1) is 0 Å². The highest BCUT2D eigenvalue weighted by Crippen LogP contribution is 2.34. The molecule has 4 heteroatoms. The molecular weight excluding hydrogens is 705 g/mol. The second-order valence-electron chi connectivity index (χ2n) is 15.1. The highest BCUT2D eigenvalue weighted by atomic mass is 14.8. The van der Waals surface area contributed by atoms with E-state index in [9.17, 15) is 0 Å². The summed E-state index contributed by atoms with van der Waals surface area (Å²) in [7, 11) is 0. The van der Waals surface area contributed by atoms with Crippen LogP contribution in [0.25, 0.3) is 121 Å². The van der Waals surface area contributed by atoms with E-state index in [0.717, 1.165) is 99.4 Å². The quantitative estimate of drug-likeness (QED) is 0.169. The zero-order valence-corrected chi connectivity index (χ0v) is 31.3. The summed E-state index contributed by atoms with van der Waals surface area (Å²) < 4.78 is 0. The summed E-state index contributed by atoms with van der Waals surface area (Å²) in [5.74, 6) is 0. The Kier molecular flexibility index (Phi) is 7.20. The van der Waals surface area contributed by atoms with Crippen LogP contribution in [0.5, 0.6) is 0 Å². The molecule has 0 saturated carbocycles. The van der Waals surface area contributed by atoms with Gasteiger partial charge in [0.25, 0.3) is 0 Å². The van der Waals surface area contributed by atoms with Gasteiger partial charge in [0.15, 0.2) is 0 Å². The van der Waals surface area contributed by atoms with Crippen molar-refractivity contribution in [3.05, 3.63) is 194 Å². The molecule has 4 heterocycles. The van der Waals surface area contributed by atoms with Crippen molar-refractivity contribution >= 4 is 75.9 Å². The third-order valence-electron chi connectivity index (χ3n) is 11.6. The van der Waals surface area contributed by atoms with Crippen LogP contribution in [0, 0.1) is 0 Å². The van der Waals surface area contributed by atoms with Crippen molar-refractivity contribution < 1.29 is 0 Å². The van der Waals surface area contributed by atoms with Crippen molar-refractivity contribution in [3.8, 4) is 45.0 Å². The zero-order valence-electron chi connectivity index (χ0n) is 31.3. The van der Waals surface area contributed by atoms with Crippen molar-refractivity contribution in [1.82, 2.24) is 19.9 Å². The second-order valence-corrected chi connectivity index (χ2v) is 15.1. The monoisotopic (exact) mass is 736 g/mol. The van der Waals surface area contributed by atoms with Crippen molar-refractivity contribution in [2.24, 2.45) is 0 Å². The molecule has 8 aromatic carbocycles. The molecule has 4 aromatic heterocycles. The maximum atomic E-state index is 5.27. The normalized spacial score (nSPS) is 11.8. The topological polar surface area (TPSA) is 51.6 Å². The lowest BCUT2D eigenvalue weighted by Gasteiger charge is -2.10. The van der Waals surface area contributed by atoms with Gasteiger partial charge in [-0.2, -0.15) is 0 Å². The average Bonchev–Trinajstić information content (AvgIpc) is 3.30. The summed E-state index contributed by atoms with van der Waals surface area (Å²) in [6, 6.07) is 68.7. The van der Waals surface area contributed by atoms with Gasteiger partial charge in [0.05, 0.1) is 44.8 Å². The zero-order chi connectivity index (χ0) is 38.2. The summed E-state index contributed by atoms with van der Waals surface area (Å²) >= 11 is 0. The van der Waals surface area contributed by atoms with Gasteiger partial charge < -0.3 is 0 Å². The third-order valence-corrected chi connectivity index (χ3v) is 11.6. The van der Waals surface area contributed by atoms with Crippen molar-refractivity contribution in [1.29, 1.82) is 0 Å². The fourth-order valence-electron chi connectivity index (χ4n) is 8.44. The minimum Gasteiger partial charge on any atom is -0.245 e. The summed E-state index contributed by atoms with van der Waals surface area (Å²) in [6.45, 7) is 0. The van der Waals surface area contributed by atoms with E-state index >= 15 is 0 Å². The molecule has 0 fully saturated rings. The Bertz CT molecular complexity index is 3410. The Hall–Kier alpha value is -7.82. The highest BCUT2D eigenvalue weighted by molar-refractivity contribution is 6.06. The lowest BCUT2D eigenvalue weighted by Crippen LogP contribution is -1.92. The van der Waals surface area contributed by atoms with Crippen LogP contribution in [0.15, 0.2) is 194 Å². The molecular formula is C54H32N4. The van der Waals surface area contributed by atoms with E-state index in [1.807, 2.05) is 0 Å². The van der Waals surface area contributed by atoms with Crippen LogP contribution < -0.4 is 0 Å². The number of nitrogens with zero attached hydrogens (tertiary/aromatic N) is 4. The average molecular weight is 737 g/mol. The van der Waals surface area contributed by atoms with Crippen LogP contribution in [0.1, 0.15) is 0 Å². The van der Waals surface area contributed by atoms with Gasteiger partial charge in [0, 0.05) is 43.8 Å². The predicted molar refractivity (Wildman–Crippen MR) is 242 cm³/mol. The standard InChI is InChI=1S/C54H32N4/c1-3-7-40-29-42(17-9-33(40)5-1)47-25-21-36-13-15-38-23-27-49(57-53(38)51(36)55-47)44-19-11-35-12-20-45(32-46(35)31-44)50-28-24-39-16-14-37-22-26-48(56-52(37)54(39)58-50)43-18-10-34-6-2-4-8-41(34)30-43/h1-32H. The molecule has 12 rings (SSSR count). The van der Waals surface area contributed by atoms with E-state index in [1.165, 1.54) is 21.5 Å². The van der Waals surface area contributed by atoms with Crippen LogP contribution in [-0.4, -0.2) is 19.9 Å². The van der Waals surface area contributed by atoms with Gasteiger partial charge in [-0.05, 0) is 80.8 Å². The number of rotatable bonds is 4. The number of aromatic nitrogens is 4. The Morgan fingerprint density at radius 1 is 0.190 bits per heavy atom. The number of hydrogen-bond donors (Lipinski definition) is 0. The maximum absolute atomic E-state index is 5.27. The number of hydrogen-bond acceptors (Lipinski definition) is 4. The van der Waals surface area contributed by atoms with Crippen molar-refractivity contribution in [2.45, 2.75) is 0 Å². The largest absolute Gasteiger partial charge is 0.245 e. The summed E-state index contributed by atoms with van der Waals surface area (Å²) in [6.07, 6.45) is 0. The molecule has 0 unspecified atom stereocenters. The minimum absolute atomic E-state index is 0.899. The Balaban J connectivity index is 0.927. The molecule has 0 saturated heterocycles. The first-order valence-corrected chi connectivity index (χ1v) is 19.6. The number of fused-ring (bicyclic) bond motifs is 9. The molecule has 58 heavy (non-hydrogen) atoms. The molecule has 0 aliphatic heterocycles. The Morgan fingerprint density at radius 2 is 0.431 bits per heavy atom. The van der Waals surface area contributed by atoms with Crippen molar-refractivity contribution in [3.63, 3.8) is 0 Å². The Morgan fingerprint density at radius 3 is 0.759 bits per heavy atom. The Labute approximate surface area is 333 Å². The second kappa shape index (κ2) is 12.9. The molecule has 12 aromatic rings. The van der Waals surface area contributed by atoms with Gasteiger partial charge in [-0.1, -0.05) is 146 Å². The number of benzene rings is 8. The lowest BCUT2D eigenvalue weighted by atomic mass is 10.00. The summed E-state index contributed by atoms with van der Waals surface area (Å²) in [5, 5.41) is 11.4. The van der Waals surface area contributed by atoms with E-state index in [0.29, 0.717) is 0 Å². The molecule has 0 amide bonds. The van der Waals surface area contributed by atoms with Crippen LogP contribution in [0.2, 0.25) is 0 Å². The third kappa shape index (κ3) is 5.46. The predicted octanol–water partition coefficient (Wildman–Crippen LogP) is 14.0. The molecule has 0 radical (unpaired) electrons. The van der Waals surface area contributed by atoms with E-state index in [4.69, 9.17) is 19.9 Å². The molecule has 0 N–H and O–H groups in total. The molecule has 268 valence electrons. The van der Waals surface area contributed by atoms with E-state index in [-0.39, 0.29) is 0 Å². The first kappa shape index (κ1) is 32.4. The van der Waals surface area contributed by atoms with Crippen LogP contribution in [-0.2, 0) is 0 Å². The smallest absolute Gasteiger partial charge is 0.0972 e. The molecule has 0 bridgehead atoms. The highest BCUT2D eigenvalue weighted by Gasteiger charge is 2.13. The summed E-state index contributed by atoms with van der Waals surface area (Å²) in [5.41, 5.74) is 11.6. The molecule has 4 nitrogen and oxygen atoms in total. The fraction of sp³-hybridized carbons (Fsp3) is 0. The van der Waals surface area contributed by atoms with E-state index in [1.54, 1.807) is 0 Å². The summed E-state index contributed by atoms with van der Waals surface area (Å²) in [4.78, 5) is 21.0. The SMILES string of the molecule is c1ccc2cc(-c3ccc4ccc5ccc(-c6ccc7ccc(-c8ccc9ccc%10ccc(-c%11ccc%12ccccc%12c%11)nc%10c9n8)cc7c6)nc5c4n3)ccc2c1. The van der Waals surface area contributed by atoms with Crippen molar-refractivity contribution in [2.75, 3.05) is 0 Å². The first-order chi connectivity index (χ1) is 28.7. The number of pyridine rings is 4. The maximum Gasteiger partial charge on any atom is 0.0972 e. The van der Waals surface area contributed by atoms with Gasteiger partial charge in [-0.3, -0.25) is 0 Å². The van der Waals surface area contributed by atoms with Gasteiger partial charge in [0.2, 0.25) is 0 Å². The lowest BCUT2D eigenvalue weighted by molar-refractivity contribution is 1.37. The van der Waals surface area contributed by atoms with Crippen LogP contribution in [0.4, 0.5) is 0 Å². The first-order valence-electron chi connectivity index (χ1n) is 19.6. The van der Waals surface area contributed by atoms with Crippen LogP contribution in [0.3, 0.4) is 0 Å². The molecule has 0 aliphatic carbocycles. The fourth-order valence-corrected chi connectivity index (χ4v) is 8.44. The minimum atomic E-state index is 0.899. The molecule has 0 spiro atoms. The van der Waals surface area contributed by atoms with Gasteiger partial charge in [0.1, 0.15) is 0 Å². The van der Waals surface area contributed by atoms with E-state index in [2.05, 4.69) is 194 Å². The molecule has 0 aliphatic rings. The van der Waals surface area contributed by atoms with Crippen LogP contribution >= 0.6 is 0 Å². The van der Waals surface area contributed by atoms with Gasteiger partial charge in [-0.25, -0.2) is 19.9 Å². The van der Waals surface area contributed by atoms with E-state index < -0.39 is 0 Å². The molecule has 0 atom stereocenters.